The number of aromatic amines is 1. The highest BCUT2D eigenvalue weighted by molar-refractivity contribution is 6.13. The highest BCUT2D eigenvalue weighted by Crippen LogP contribution is 2.30. The van der Waals surface area contributed by atoms with Gasteiger partial charge in [-0.15, -0.1) is 0 Å². The lowest BCUT2D eigenvalue weighted by atomic mass is 10.0. The number of pyridine rings is 3. The minimum atomic E-state index is -0.503. The number of imidazole rings is 1. The van der Waals surface area contributed by atoms with Crippen LogP contribution in [0.2, 0.25) is 0 Å². The Labute approximate surface area is 219 Å². The zero-order valence-electron chi connectivity index (χ0n) is 21.6. The van der Waals surface area contributed by atoms with Crippen molar-refractivity contribution >= 4 is 22.6 Å². The summed E-state index contributed by atoms with van der Waals surface area (Å²) < 4.78 is 30.2. The first kappa shape index (κ1) is 25.1. The van der Waals surface area contributed by atoms with Gasteiger partial charge in [-0.05, 0) is 48.7 Å². The number of benzene rings is 1. The highest BCUT2D eigenvalue weighted by atomic mass is 19.1. The smallest absolute Gasteiger partial charge is 0.178 e. The van der Waals surface area contributed by atoms with Gasteiger partial charge in [0.15, 0.2) is 17.3 Å². The predicted molar refractivity (Wildman–Crippen MR) is 147 cm³/mol. The summed E-state index contributed by atoms with van der Waals surface area (Å²) in [6.45, 7) is 4.28. The fourth-order valence-electron chi connectivity index (χ4n) is 4.28. The molecule has 0 saturated heterocycles. The van der Waals surface area contributed by atoms with Gasteiger partial charge in [-0.25, -0.2) is 18.7 Å². The van der Waals surface area contributed by atoms with Crippen molar-refractivity contribution in [2.75, 3.05) is 25.5 Å². The summed E-state index contributed by atoms with van der Waals surface area (Å²) in [6.07, 6.45) is 7.33. The van der Waals surface area contributed by atoms with E-state index >= 15 is 4.39 Å². The van der Waals surface area contributed by atoms with Gasteiger partial charge in [0.1, 0.15) is 17.2 Å². The van der Waals surface area contributed by atoms with Gasteiger partial charge < -0.3 is 9.88 Å². The topological polar surface area (TPSA) is 82.9 Å². The Morgan fingerprint density at radius 3 is 2.63 bits per heavy atom. The Bertz CT molecular complexity index is 1660. The van der Waals surface area contributed by atoms with Crippen molar-refractivity contribution in [3.63, 3.8) is 0 Å². The van der Waals surface area contributed by atoms with Gasteiger partial charge in [0, 0.05) is 55.9 Å². The molecular formula is C29H27F2N7. The van der Waals surface area contributed by atoms with Crippen LogP contribution in [0.4, 0.5) is 14.5 Å². The van der Waals surface area contributed by atoms with E-state index in [4.69, 9.17) is 4.99 Å². The average Bonchev–Trinajstić information content (AvgIpc) is 3.35. The van der Waals surface area contributed by atoms with Crippen LogP contribution >= 0.6 is 0 Å². The normalized spacial score (nSPS) is 11.8. The first-order valence-corrected chi connectivity index (χ1v) is 12.3. The zero-order chi connectivity index (χ0) is 26.8. The van der Waals surface area contributed by atoms with Gasteiger partial charge in [0.05, 0.1) is 17.4 Å². The van der Waals surface area contributed by atoms with Crippen LogP contribution in [0.25, 0.3) is 33.5 Å². The Kier molecular flexibility index (Phi) is 6.91. The summed E-state index contributed by atoms with van der Waals surface area (Å²) >= 11 is 0. The zero-order valence-corrected chi connectivity index (χ0v) is 21.6. The van der Waals surface area contributed by atoms with E-state index in [1.807, 2.05) is 38.1 Å². The quantitative estimate of drug-likeness (QED) is 0.272. The maximum absolute atomic E-state index is 16.3. The van der Waals surface area contributed by atoms with E-state index in [0.717, 1.165) is 17.7 Å². The van der Waals surface area contributed by atoms with Crippen LogP contribution in [0, 0.1) is 18.6 Å². The minimum Gasteiger partial charge on any atom is -0.376 e. The van der Waals surface area contributed by atoms with Crippen molar-refractivity contribution in [2.45, 2.75) is 20.3 Å². The summed E-state index contributed by atoms with van der Waals surface area (Å²) in [4.78, 5) is 27.7. The number of H-pyrrole nitrogens is 1. The second-order valence-electron chi connectivity index (χ2n) is 9.19. The van der Waals surface area contributed by atoms with Crippen LogP contribution in [0.15, 0.2) is 66.2 Å². The number of aromatic nitrogens is 5. The number of fused-ring (bicyclic) bond motifs is 1. The molecule has 0 aliphatic rings. The molecule has 1 N–H and O–H groups in total. The number of nitrogens with zero attached hydrogens (tertiary/aromatic N) is 6. The Morgan fingerprint density at radius 2 is 1.87 bits per heavy atom. The number of hydrogen-bond donors (Lipinski definition) is 1. The number of halogens is 2. The second-order valence-corrected chi connectivity index (χ2v) is 9.19. The van der Waals surface area contributed by atoms with Crippen molar-refractivity contribution in [1.82, 2.24) is 24.9 Å². The largest absolute Gasteiger partial charge is 0.376 e. The Morgan fingerprint density at radius 1 is 1.03 bits per heavy atom. The van der Waals surface area contributed by atoms with E-state index in [1.165, 1.54) is 12.1 Å². The molecule has 7 nitrogen and oxygen atoms in total. The molecule has 0 spiro atoms. The molecule has 0 bridgehead atoms. The standard InChI is InChI=1S/C29H27F2N7/c1-5-10-33-27(23-17(2)14-35-25(24(23)31)19-13-21(38(3)4)16-32-15-19)29-36-26-22(9-11-34-28(26)37-29)18-7-6-8-20(30)12-18/h6-9,11-16H,5,10H2,1-4H3,(H,34,36,37). The molecule has 9 heteroatoms. The van der Waals surface area contributed by atoms with Crippen molar-refractivity contribution in [2.24, 2.45) is 4.99 Å². The molecule has 0 atom stereocenters. The summed E-state index contributed by atoms with van der Waals surface area (Å²) in [5.41, 5.74) is 5.36. The lowest BCUT2D eigenvalue weighted by Crippen LogP contribution is -2.13. The van der Waals surface area contributed by atoms with Crippen molar-refractivity contribution < 1.29 is 8.78 Å². The van der Waals surface area contributed by atoms with Crippen molar-refractivity contribution in [3.8, 4) is 22.4 Å². The second kappa shape index (κ2) is 10.5. The van der Waals surface area contributed by atoms with Crippen LogP contribution < -0.4 is 4.90 Å². The van der Waals surface area contributed by atoms with E-state index in [9.17, 15) is 4.39 Å². The van der Waals surface area contributed by atoms with Gasteiger partial charge >= 0.3 is 0 Å². The molecule has 5 aromatic rings. The number of anilines is 1. The first-order chi connectivity index (χ1) is 18.4. The molecule has 0 saturated carbocycles. The lowest BCUT2D eigenvalue weighted by molar-refractivity contribution is 0.621. The molecule has 5 rings (SSSR count). The molecule has 0 amide bonds. The Hall–Kier alpha value is -4.53. The molecule has 192 valence electrons. The summed E-state index contributed by atoms with van der Waals surface area (Å²) in [6, 6.07) is 9.96. The molecular weight excluding hydrogens is 484 g/mol. The third kappa shape index (κ3) is 4.74. The molecule has 0 aliphatic carbocycles. The fraction of sp³-hybridized carbons (Fsp3) is 0.207. The van der Waals surface area contributed by atoms with Crippen molar-refractivity contribution in [3.05, 3.63) is 89.8 Å². The van der Waals surface area contributed by atoms with Gasteiger partial charge in [0.25, 0.3) is 0 Å². The maximum atomic E-state index is 16.3. The predicted octanol–water partition coefficient (Wildman–Crippen LogP) is 5.98. The van der Waals surface area contributed by atoms with Gasteiger partial charge in [-0.2, -0.15) is 0 Å². The van der Waals surface area contributed by atoms with Gasteiger partial charge in [0.2, 0.25) is 0 Å². The van der Waals surface area contributed by atoms with E-state index in [-0.39, 0.29) is 11.5 Å². The van der Waals surface area contributed by atoms with Gasteiger partial charge in [-0.1, -0.05) is 19.1 Å². The number of hydrogen-bond acceptors (Lipinski definition) is 6. The summed E-state index contributed by atoms with van der Waals surface area (Å²) in [7, 11) is 3.79. The number of nitrogens with one attached hydrogen (secondary N) is 1. The molecule has 0 radical (unpaired) electrons. The van der Waals surface area contributed by atoms with E-state index in [2.05, 4.69) is 24.9 Å². The molecule has 38 heavy (non-hydrogen) atoms. The molecule has 1 aromatic carbocycles. The SMILES string of the molecule is CCCN=C(c1nc2nccc(-c3cccc(F)c3)c2[nH]1)c1c(C)cnc(-c2cncc(N(C)C)c2)c1F. The third-order valence-electron chi connectivity index (χ3n) is 6.21. The van der Waals surface area contributed by atoms with E-state index in [0.29, 0.717) is 51.5 Å². The van der Waals surface area contributed by atoms with Gasteiger partial charge in [-0.3, -0.25) is 15.0 Å². The minimum absolute atomic E-state index is 0.181. The molecule has 0 aliphatic heterocycles. The molecule has 4 heterocycles. The highest BCUT2D eigenvalue weighted by Gasteiger charge is 2.23. The van der Waals surface area contributed by atoms with Crippen LogP contribution in [0.3, 0.4) is 0 Å². The molecule has 4 aromatic heterocycles. The average molecular weight is 512 g/mol. The fourth-order valence-corrected chi connectivity index (χ4v) is 4.28. The Balaban J connectivity index is 1.68. The molecule has 0 unspecified atom stereocenters. The number of aliphatic imine (C=N–C) groups is 1. The van der Waals surface area contributed by atoms with Crippen molar-refractivity contribution in [1.29, 1.82) is 0 Å². The molecule has 0 fully saturated rings. The lowest BCUT2D eigenvalue weighted by Gasteiger charge is -2.15. The monoisotopic (exact) mass is 511 g/mol. The van der Waals surface area contributed by atoms with E-state index in [1.54, 1.807) is 43.8 Å². The van der Waals surface area contributed by atoms with Crippen LogP contribution in [-0.2, 0) is 0 Å². The first-order valence-electron chi connectivity index (χ1n) is 12.3. The summed E-state index contributed by atoms with van der Waals surface area (Å²) in [5, 5.41) is 0. The van der Waals surface area contributed by atoms with Crippen LogP contribution in [-0.4, -0.2) is 51.3 Å². The summed E-state index contributed by atoms with van der Waals surface area (Å²) in [5.74, 6) is -0.465. The third-order valence-corrected chi connectivity index (χ3v) is 6.21. The number of rotatable bonds is 7. The number of aryl methyl sites for hydroxylation is 1. The van der Waals surface area contributed by atoms with Crippen LogP contribution in [0.1, 0.15) is 30.3 Å². The van der Waals surface area contributed by atoms with E-state index < -0.39 is 5.82 Å². The van der Waals surface area contributed by atoms with Crippen LogP contribution in [0.5, 0.6) is 0 Å². The maximum Gasteiger partial charge on any atom is 0.178 e.